The number of benzene rings is 1. The molecule has 41 heavy (non-hydrogen) atoms. The van der Waals surface area contributed by atoms with E-state index in [1.165, 1.54) is 83.2 Å². The van der Waals surface area contributed by atoms with Crippen molar-refractivity contribution in [3.05, 3.63) is 63.3 Å². The van der Waals surface area contributed by atoms with Crippen LogP contribution >= 0.6 is 0 Å². The number of hydrogen-bond acceptors (Lipinski definition) is 5. The van der Waals surface area contributed by atoms with Gasteiger partial charge in [0.25, 0.3) is 11.1 Å². The van der Waals surface area contributed by atoms with E-state index in [4.69, 9.17) is 0 Å². The number of para-hydroxylation sites is 2. The molecular weight excluding hydrogens is 516 g/mol. The molecule has 0 radical (unpaired) electrons. The van der Waals surface area contributed by atoms with Gasteiger partial charge in [-0.2, -0.15) is 0 Å². The first-order chi connectivity index (χ1) is 20.0. The van der Waals surface area contributed by atoms with E-state index in [0.29, 0.717) is 23.6 Å². The summed E-state index contributed by atoms with van der Waals surface area (Å²) >= 11 is 0. The van der Waals surface area contributed by atoms with Crippen LogP contribution in [0.2, 0.25) is 0 Å². The molecule has 2 aromatic heterocycles. The van der Waals surface area contributed by atoms with Crippen molar-refractivity contribution in [2.45, 2.75) is 121 Å². The fraction of sp³-hybridized carbons (Fsp3) is 0.576. The number of hydrogen-bond donors (Lipinski definition) is 1. The Bertz CT molecular complexity index is 1490. The van der Waals surface area contributed by atoms with E-state index in [2.05, 4.69) is 9.88 Å². The molecule has 2 bridgehead atoms. The van der Waals surface area contributed by atoms with Crippen LogP contribution in [0.15, 0.2) is 52.2 Å². The molecule has 0 amide bonds. The van der Waals surface area contributed by atoms with Gasteiger partial charge in [-0.05, 0) is 62.8 Å². The van der Waals surface area contributed by atoms with E-state index in [1.54, 1.807) is 12.1 Å². The Labute approximate surface area is 241 Å². The van der Waals surface area contributed by atoms with E-state index in [1.807, 2.05) is 28.8 Å². The predicted octanol–water partition coefficient (Wildman–Crippen LogP) is 5.76. The largest absolute Gasteiger partial charge is 0.480 e. The van der Waals surface area contributed by atoms with Gasteiger partial charge in [0.1, 0.15) is 12.2 Å². The lowest BCUT2D eigenvalue weighted by atomic mass is 9.79. The lowest BCUT2D eigenvalue weighted by molar-refractivity contribution is -0.137. The number of carboxylic acid groups (broad SMARTS) is 1. The molecule has 1 aromatic carbocycles. The molecular formula is C33H42N4O4. The van der Waals surface area contributed by atoms with Crippen molar-refractivity contribution in [1.82, 2.24) is 19.0 Å². The molecule has 218 valence electrons. The molecule has 3 aromatic rings. The number of piperidine rings is 2. The van der Waals surface area contributed by atoms with Gasteiger partial charge in [0.05, 0.1) is 16.6 Å². The van der Waals surface area contributed by atoms with Gasteiger partial charge in [-0.25, -0.2) is 4.98 Å². The normalized spacial score (nSPS) is 24.7. The number of carboxylic acids is 1. The molecule has 2 unspecified atom stereocenters. The molecule has 4 heterocycles. The van der Waals surface area contributed by atoms with Gasteiger partial charge in [-0.15, -0.1) is 0 Å². The molecule has 3 aliphatic rings. The number of rotatable bonds is 5. The summed E-state index contributed by atoms with van der Waals surface area (Å²) in [4.78, 5) is 46.4. The van der Waals surface area contributed by atoms with Crippen molar-refractivity contribution < 1.29 is 9.90 Å². The van der Waals surface area contributed by atoms with Crippen LogP contribution in [0, 0.1) is 0 Å². The van der Waals surface area contributed by atoms with Crippen molar-refractivity contribution in [3.8, 4) is 11.3 Å². The van der Waals surface area contributed by atoms with Gasteiger partial charge in [-0.3, -0.25) is 19.3 Å². The first-order valence-corrected chi connectivity index (χ1v) is 15.7. The number of aliphatic carboxylic acids is 1. The zero-order valence-electron chi connectivity index (χ0n) is 23.9. The summed E-state index contributed by atoms with van der Waals surface area (Å²) in [5.41, 5.74) is 0.965. The molecule has 1 N–H and O–H groups in total. The summed E-state index contributed by atoms with van der Waals surface area (Å²) in [5.74, 6) is -1.11. The zero-order chi connectivity index (χ0) is 28.3. The molecule has 2 atom stereocenters. The van der Waals surface area contributed by atoms with Crippen molar-refractivity contribution in [1.29, 1.82) is 0 Å². The number of nitrogens with zero attached hydrogens (tertiary/aromatic N) is 4. The molecule has 8 heteroatoms. The minimum absolute atomic E-state index is 0.0326. The van der Waals surface area contributed by atoms with Gasteiger partial charge in [0.2, 0.25) is 0 Å². The third-order valence-corrected chi connectivity index (χ3v) is 9.74. The Balaban J connectivity index is 1.37. The van der Waals surface area contributed by atoms with Crippen molar-refractivity contribution >= 4 is 17.0 Å². The Hall–Kier alpha value is -3.26. The highest BCUT2D eigenvalue weighted by Gasteiger charge is 2.42. The second-order valence-electron chi connectivity index (χ2n) is 12.4. The second kappa shape index (κ2) is 12.3. The van der Waals surface area contributed by atoms with E-state index in [-0.39, 0.29) is 22.9 Å². The maximum Gasteiger partial charge on any atom is 0.323 e. The fourth-order valence-corrected chi connectivity index (χ4v) is 7.96. The monoisotopic (exact) mass is 558 g/mol. The third kappa shape index (κ3) is 5.76. The predicted molar refractivity (Wildman–Crippen MR) is 160 cm³/mol. The summed E-state index contributed by atoms with van der Waals surface area (Å²) in [7, 11) is 0. The molecule has 3 fully saturated rings. The van der Waals surface area contributed by atoms with Gasteiger partial charge in [-0.1, -0.05) is 63.5 Å². The summed E-state index contributed by atoms with van der Waals surface area (Å²) < 4.78 is 3.04. The van der Waals surface area contributed by atoms with Crippen LogP contribution in [-0.2, 0) is 11.3 Å². The van der Waals surface area contributed by atoms with Crippen LogP contribution in [0.4, 0.5) is 0 Å². The average Bonchev–Trinajstić information content (AvgIpc) is 2.96. The molecule has 6 rings (SSSR count). The Kier molecular flexibility index (Phi) is 8.37. The Morgan fingerprint density at radius 3 is 2.07 bits per heavy atom. The lowest BCUT2D eigenvalue weighted by Gasteiger charge is -2.53. The van der Waals surface area contributed by atoms with Crippen LogP contribution in [0.3, 0.4) is 0 Å². The number of pyridine rings is 1. The maximum absolute atomic E-state index is 14.2. The maximum atomic E-state index is 14.2. The van der Waals surface area contributed by atoms with Crippen LogP contribution in [-0.4, -0.2) is 48.2 Å². The summed E-state index contributed by atoms with van der Waals surface area (Å²) in [6, 6.07) is 12.5. The van der Waals surface area contributed by atoms with Crippen LogP contribution < -0.4 is 11.1 Å². The molecule has 2 saturated heterocycles. The molecule has 1 aliphatic carbocycles. The summed E-state index contributed by atoms with van der Waals surface area (Å²) in [6.45, 7) is -0.461. The van der Waals surface area contributed by atoms with Crippen molar-refractivity contribution in [3.63, 3.8) is 0 Å². The standard InChI is InChI=1S/C33H42N4O4/c38-30(39)22-35-19-11-16-27(32(35)40)31-33(41)37(29-18-9-8-17-28(29)34-31)26-20-24-14-10-15-25(21-26)36(24)23-12-6-4-2-1-3-5-7-13-23/h8-9,11,16-19,23-26H,1-7,10,12-15,20-22H2,(H,38,39). The lowest BCUT2D eigenvalue weighted by Crippen LogP contribution is -2.57. The van der Waals surface area contributed by atoms with E-state index in [0.717, 1.165) is 22.9 Å². The topological polar surface area (TPSA) is 97.4 Å². The number of fused-ring (bicyclic) bond motifs is 3. The quantitative estimate of drug-likeness (QED) is 0.428. The van der Waals surface area contributed by atoms with Crippen molar-refractivity contribution in [2.75, 3.05) is 0 Å². The second-order valence-corrected chi connectivity index (χ2v) is 12.4. The van der Waals surface area contributed by atoms with Gasteiger partial charge < -0.3 is 14.2 Å². The highest BCUT2D eigenvalue weighted by atomic mass is 16.4. The third-order valence-electron chi connectivity index (χ3n) is 9.74. The van der Waals surface area contributed by atoms with E-state index in [9.17, 15) is 19.5 Å². The first-order valence-electron chi connectivity index (χ1n) is 15.7. The Morgan fingerprint density at radius 2 is 1.39 bits per heavy atom. The van der Waals surface area contributed by atoms with E-state index < -0.39 is 18.1 Å². The smallest absolute Gasteiger partial charge is 0.323 e. The number of aromatic nitrogens is 3. The van der Waals surface area contributed by atoms with Crippen LogP contribution in [0.25, 0.3) is 22.3 Å². The van der Waals surface area contributed by atoms with Crippen molar-refractivity contribution in [2.24, 2.45) is 0 Å². The van der Waals surface area contributed by atoms with Gasteiger partial charge >= 0.3 is 5.97 Å². The minimum atomic E-state index is -1.11. The summed E-state index contributed by atoms with van der Waals surface area (Å²) in [6.07, 6.45) is 18.9. The molecule has 2 aliphatic heterocycles. The zero-order valence-corrected chi connectivity index (χ0v) is 23.9. The highest BCUT2D eigenvalue weighted by molar-refractivity contribution is 5.78. The number of carbonyl (C=O) groups is 1. The van der Waals surface area contributed by atoms with Gasteiger partial charge in [0, 0.05) is 30.4 Å². The van der Waals surface area contributed by atoms with E-state index >= 15 is 0 Å². The minimum Gasteiger partial charge on any atom is -0.480 e. The summed E-state index contributed by atoms with van der Waals surface area (Å²) in [5, 5.41) is 9.27. The fourth-order valence-electron chi connectivity index (χ4n) is 7.96. The molecule has 0 spiro atoms. The average molecular weight is 559 g/mol. The highest BCUT2D eigenvalue weighted by Crippen LogP contribution is 2.42. The van der Waals surface area contributed by atoms with Crippen LogP contribution in [0.5, 0.6) is 0 Å². The Morgan fingerprint density at radius 1 is 0.756 bits per heavy atom. The van der Waals surface area contributed by atoms with Crippen LogP contribution in [0.1, 0.15) is 95.9 Å². The SMILES string of the molecule is O=C(O)Cn1cccc(-c2nc3ccccc3n(C3CC4CCCC(C3)N4C3CCCCCCCCC3)c2=O)c1=O. The first kappa shape index (κ1) is 27.9. The molecule has 1 saturated carbocycles. The molecule has 8 nitrogen and oxygen atoms in total. The van der Waals surface area contributed by atoms with Gasteiger partial charge in [0.15, 0.2) is 0 Å².